The van der Waals surface area contributed by atoms with Crippen molar-refractivity contribution in [2.45, 2.75) is 43.8 Å². The molecule has 0 unspecified atom stereocenters. The van der Waals surface area contributed by atoms with Crippen LogP contribution in [-0.2, 0) is 9.59 Å². The monoisotopic (exact) mass is 256 g/mol. The van der Waals surface area contributed by atoms with Gasteiger partial charge in [0, 0.05) is 25.2 Å². The van der Waals surface area contributed by atoms with Crippen molar-refractivity contribution in [2.75, 3.05) is 6.54 Å². The van der Waals surface area contributed by atoms with Crippen LogP contribution in [0.1, 0.15) is 25.7 Å². The molecule has 0 radical (unpaired) electrons. The lowest BCUT2D eigenvalue weighted by Gasteiger charge is -2.13. The van der Waals surface area contributed by atoms with Crippen molar-refractivity contribution in [3.8, 4) is 0 Å². The van der Waals surface area contributed by atoms with Crippen molar-refractivity contribution < 1.29 is 14.7 Å². The zero-order valence-corrected chi connectivity index (χ0v) is 10.2. The van der Waals surface area contributed by atoms with Gasteiger partial charge in [0.05, 0.1) is 0 Å². The van der Waals surface area contributed by atoms with E-state index in [0.29, 0.717) is 32.2 Å². The van der Waals surface area contributed by atoms with Crippen molar-refractivity contribution in [1.82, 2.24) is 5.32 Å². The molecule has 0 spiro atoms. The SMILES string of the molecule is N[C@@H]1CC=N[C@H]1C(=O)NCCCC[C@H](N)C(=O)O. The minimum Gasteiger partial charge on any atom is -0.480 e. The molecule has 1 rings (SSSR count). The summed E-state index contributed by atoms with van der Waals surface area (Å²) in [5, 5.41) is 11.3. The van der Waals surface area contributed by atoms with Gasteiger partial charge in [-0.1, -0.05) is 0 Å². The van der Waals surface area contributed by atoms with Crippen LogP contribution in [0.3, 0.4) is 0 Å². The largest absolute Gasteiger partial charge is 0.480 e. The fraction of sp³-hybridized carbons (Fsp3) is 0.727. The third-order valence-electron chi connectivity index (χ3n) is 2.88. The van der Waals surface area contributed by atoms with Crippen molar-refractivity contribution in [2.24, 2.45) is 16.5 Å². The quantitative estimate of drug-likeness (QED) is 0.427. The van der Waals surface area contributed by atoms with Crippen LogP contribution in [0, 0.1) is 0 Å². The van der Waals surface area contributed by atoms with Gasteiger partial charge in [0.25, 0.3) is 0 Å². The van der Waals surface area contributed by atoms with Crippen LogP contribution in [0.4, 0.5) is 0 Å². The molecule has 0 saturated carbocycles. The molecule has 0 aliphatic carbocycles. The van der Waals surface area contributed by atoms with E-state index in [1.54, 1.807) is 6.21 Å². The number of hydrogen-bond acceptors (Lipinski definition) is 5. The Hall–Kier alpha value is -1.47. The smallest absolute Gasteiger partial charge is 0.320 e. The summed E-state index contributed by atoms with van der Waals surface area (Å²) in [6.45, 7) is 0.490. The minimum absolute atomic E-state index is 0.168. The van der Waals surface area contributed by atoms with Crippen molar-refractivity contribution in [3.63, 3.8) is 0 Å². The Morgan fingerprint density at radius 2 is 2.22 bits per heavy atom. The lowest BCUT2D eigenvalue weighted by molar-refractivity contribution is -0.138. The number of nitrogens with zero attached hydrogens (tertiary/aromatic N) is 1. The van der Waals surface area contributed by atoms with Gasteiger partial charge in [0.1, 0.15) is 12.1 Å². The fourth-order valence-corrected chi connectivity index (χ4v) is 1.73. The molecule has 0 aromatic carbocycles. The zero-order chi connectivity index (χ0) is 13.5. The summed E-state index contributed by atoms with van der Waals surface area (Å²) in [7, 11) is 0. The molecule has 6 N–H and O–H groups in total. The number of nitrogens with two attached hydrogens (primary N) is 2. The summed E-state index contributed by atoms with van der Waals surface area (Å²) >= 11 is 0. The van der Waals surface area contributed by atoms with E-state index >= 15 is 0 Å². The maximum Gasteiger partial charge on any atom is 0.320 e. The zero-order valence-electron chi connectivity index (χ0n) is 10.2. The van der Waals surface area contributed by atoms with E-state index in [2.05, 4.69) is 10.3 Å². The molecule has 0 saturated heterocycles. The van der Waals surface area contributed by atoms with Gasteiger partial charge >= 0.3 is 5.97 Å². The number of carboxylic acids is 1. The third-order valence-corrected chi connectivity index (χ3v) is 2.88. The number of aliphatic carboxylic acids is 1. The molecule has 0 aromatic rings. The van der Waals surface area contributed by atoms with Crippen LogP contribution in [0.2, 0.25) is 0 Å². The summed E-state index contributed by atoms with van der Waals surface area (Å²) in [6.07, 6.45) is 4.06. The van der Waals surface area contributed by atoms with Crippen LogP contribution in [0.5, 0.6) is 0 Å². The predicted molar refractivity (Wildman–Crippen MR) is 67.3 cm³/mol. The standard InChI is InChI=1S/C11H20N4O3/c12-7-4-6-14-9(7)10(16)15-5-2-1-3-8(13)11(17)18/h6-9H,1-5,12-13H2,(H,15,16)(H,17,18)/t7-,8+,9-/m1/s1. The van der Waals surface area contributed by atoms with Gasteiger partial charge in [0.2, 0.25) is 5.91 Å². The van der Waals surface area contributed by atoms with E-state index in [0.717, 1.165) is 0 Å². The predicted octanol–water partition coefficient (Wildman–Crippen LogP) is -1.14. The lowest BCUT2D eigenvalue weighted by Crippen LogP contribution is -2.43. The summed E-state index contributed by atoms with van der Waals surface area (Å²) in [6, 6.07) is -1.54. The fourth-order valence-electron chi connectivity index (χ4n) is 1.73. The van der Waals surface area contributed by atoms with Crippen molar-refractivity contribution in [3.05, 3.63) is 0 Å². The first kappa shape index (κ1) is 14.6. The van der Waals surface area contributed by atoms with Gasteiger partial charge < -0.3 is 21.9 Å². The molecule has 3 atom stereocenters. The van der Waals surface area contributed by atoms with Crippen LogP contribution in [-0.4, -0.2) is 47.9 Å². The number of nitrogens with one attached hydrogen (secondary N) is 1. The van der Waals surface area contributed by atoms with Gasteiger partial charge in [-0.05, 0) is 19.3 Å². The molecule has 18 heavy (non-hydrogen) atoms. The summed E-state index contributed by atoms with van der Waals surface area (Å²) in [4.78, 5) is 26.1. The molecule has 102 valence electrons. The number of hydrogen-bond donors (Lipinski definition) is 4. The Morgan fingerprint density at radius 1 is 1.50 bits per heavy atom. The molecular formula is C11H20N4O3. The molecule has 1 amide bonds. The first-order valence-corrected chi connectivity index (χ1v) is 6.05. The van der Waals surface area contributed by atoms with Gasteiger partial charge in [-0.2, -0.15) is 0 Å². The molecule has 0 bridgehead atoms. The Labute approximate surface area is 106 Å². The Balaban J connectivity index is 2.09. The number of unbranched alkanes of at least 4 members (excludes halogenated alkanes) is 1. The second-order valence-corrected chi connectivity index (χ2v) is 4.41. The van der Waals surface area contributed by atoms with Gasteiger partial charge in [-0.15, -0.1) is 0 Å². The molecule has 1 aliphatic heterocycles. The average molecular weight is 256 g/mol. The normalized spacial score (nSPS) is 23.9. The van der Waals surface area contributed by atoms with E-state index in [9.17, 15) is 9.59 Å². The topological polar surface area (TPSA) is 131 Å². The van der Waals surface area contributed by atoms with Crippen molar-refractivity contribution in [1.29, 1.82) is 0 Å². The van der Waals surface area contributed by atoms with Crippen LogP contribution in [0.15, 0.2) is 4.99 Å². The third kappa shape index (κ3) is 4.42. The van der Waals surface area contributed by atoms with Gasteiger partial charge in [-0.25, -0.2) is 0 Å². The van der Waals surface area contributed by atoms with E-state index in [1.165, 1.54) is 0 Å². The number of amides is 1. The second-order valence-electron chi connectivity index (χ2n) is 4.41. The molecule has 7 nitrogen and oxygen atoms in total. The Morgan fingerprint density at radius 3 is 2.78 bits per heavy atom. The van der Waals surface area contributed by atoms with E-state index in [1.807, 2.05) is 0 Å². The highest BCUT2D eigenvalue weighted by Gasteiger charge is 2.27. The summed E-state index contributed by atoms with van der Waals surface area (Å²) in [5.74, 6) is -1.16. The molecule has 7 heteroatoms. The number of aliphatic imine (C=N–C) groups is 1. The Bertz CT molecular complexity index is 332. The maximum absolute atomic E-state index is 11.6. The molecule has 0 aromatic heterocycles. The minimum atomic E-state index is -0.995. The first-order chi connectivity index (χ1) is 8.52. The Kier molecular flexibility index (Phi) is 5.73. The molecule has 1 heterocycles. The highest BCUT2D eigenvalue weighted by Crippen LogP contribution is 2.07. The van der Waals surface area contributed by atoms with Crippen LogP contribution >= 0.6 is 0 Å². The van der Waals surface area contributed by atoms with E-state index in [4.69, 9.17) is 16.6 Å². The molecule has 0 fully saturated rings. The highest BCUT2D eigenvalue weighted by molar-refractivity contribution is 5.86. The van der Waals surface area contributed by atoms with Gasteiger partial charge in [0.15, 0.2) is 0 Å². The summed E-state index contributed by atoms with van der Waals surface area (Å²) < 4.78 is 0. The number of carboxylic acid groups (broad SMARTS) is 1. The van der Waals surface area contributed by atoms with Crippen LogP contribution < -0.4 is 16.8 Å². The number of rotatable bonds is 7. The highest BCUT2D eigenvalue weighted by atomic mass is 16.4. The molecule has 1 aliphatic rings. The van der Waals surface area contributed by atoms with E-state index in [-0.39, 0.29) is 11.9 Å². The number of carbonyl (C=O) groups is 2. The number of carbonyl (C=O) groups excluding carboxylic acids is 1. The summed E-state index contributed by atoms with van der Waals surface area (Å²) in [5.41, 5.74) is 11.1. The molecular weight excluding hydrogens is 236 g/mol. The van der Waals surface area contributed by atoms with Crippen molar-refractivity contribution >= 4 is 18.1 Å². The van der Waals surface area contributed by atoms with Crippen LogP contribution in [0.25, 0.3) is 0 Å². The lowest BCUT2D eigenvalue weighted by atomic mass is 10.1. The maximum atomic E-state index is 11.6. The first-order valence-electron chi connectivity index (χ1n) is 6.05. The van der Waals surface area contributed by atoms with E-state index < -0.39 is 18.1 Å². The second kappa shape index (κ2) is 7.07. The average Bonchev–Trinajstić information content (AvgIpc) is 2.74. The van der Waals surface area contributed by atoms with Gasteiger partial charge in [-0.3, -0.25) is 14.6 Å².